The van der Waals surface area contributed by atoms with E-state index in [1.165, 1.54) is 0 Å². The second-order valence-corrected chi connectivity index (χ2v) is 3.47. The van der Waals surface area contributed by atoms with Crippen molar-refractivity contribution in [2.75, 3.05) is 0 Å². The van der Waals surface area contributed by atoms with Gasteiger partial charge in [0, 0.05) is 12.4 Å². The summed E-state index contributed by atoms with van der Waals surface area (Å²) in [5, 5.41) is 12.5. The first-order valence-corrected chi connectivity index (χ1v) is 4.61. The molecule has 1 aliphatic rings. The van der Waals surface area contributed by atoms with E-state index >= 15 is 0 Å². The van der Waals surface area contributed by atoms with Crippen LogP contribution in [-0.2, 0) is 0 Å². The second-order valence-electron chi connectivity index (χ2n) is 3.47. The summed E-state index contributed by atoms with van der Waals surface area (Å²) >= 11 is 0. The Hall–Kier alpha value is -2.16. The van der Waals surface area contributed by atoms with E-state index in [4.69, 9.17) is 9.78 Å². The fourth-order valence-electron chi connectivity index (χ4n) is 1.48. The summed E-state index contributed by atoms with van der Waals surface area (Å²) in [5.41, 5.74) is 0. The van der Waals surface area contributed by atoms with Gasteiger partial charge in [-0.2, -0.15) is 10.2 Å². The highest BCUT2D eigenvalue weighted by molar-refractivity contribution is 5.41. The maximum atomic E-state index is 8.67. The number of H-pyrrole nitrogens is 1. The van der Waals surface area contributed by atoms with Crippen LogP contribution in [0.15, 0.2) is 16.9 Å². The highest BCUT2D eigenvalue weighted by Crippen LogP contribution is 2.46. The van der Waals surface area contributed by atoms with Crippen molar-refractivity contribution in [2.24, 2.45) is 5.92 Å². The minimum Gasteiger partial charge on any atom is -0.342 e. The van der Waals surface area contributed by atoms with Crippen LogP contribution in [0.2, 0.25) is 0 Å². The van der Waals surface area contributed by atoms with Crippen molar-refractivity contribution in [3.8, 4) is 17.7 Å². The summed E-state index contributed by atoms with van der Waals surface area (Å²) in [4.78, 5) is 11.1. The Morgan fingerprint density at radius 1 is 1.60 bits per heavy atom. The molecular weight excluding hydrogens is 194 g/mol. The molecule has 2 unspecified atom stereocenters. The Morgan fingerprint density at radius 3 is 3.20 bits per heavy atom. The number of aromatic nitrogens is 4. The summed E-state index contributed by atoms with van der Waals surface area (Å²) in [6, 6.07) is 2.18. The predicted molar refractivity (Wildman–Crippen MR) is 48.3 cm³/mol. The molecule has 2 atom stereocenters. The zero-order chi connectivity index (χ0) is 10.3. The van der Waals surface area contributed by atoms with Crippen LogP contribution < -0.4 is 0 Å². The van der Waals surface area contributed by atoms with Crippen LogP contribution in [0, 0.1) is 17.2 Å². The molecule has 0 radical (unpaired) electrons. The van der Waals surface area contributed by atoms with Gasteiger partial charge in [0.15, 0.2) is 5.82 Å². The zero-order valence-electron chi connectivity index (χ0n) is 7.71. The van der Waals surface area contributed by atoms with E-state index in [2.05, 4.69) is 26.2 Å². The molecule has 74 valence electrons. The number of aromatic amines is 1. The Kier molecular flexibility index (Phi) is 1.59. The number of nitrogens with zero attached hydrogens (tertiary/aromatic N) is 4. The summed E-state index contributed by atoms with van der Waals surface area (Å²) < 4.78 is 5.07. The quantitative estimate of drug-likeness (QED) is 0.785. The van der Waals surface area contributed by atoms with Crippen molar-refractivity contribution in [1.29, 1.82) is 5.26 Å². The third-order valence-electron chi connectivity index (χ3n) is 2.43. The minimum atomic E-state index is 0.0369. The maximum absolute atomic E-state index is 8.67. The first-order chi connectivity index (χ1) is 7.38. The van der Waals surface area contributed by atoms with Crippen LogP contribution in [0.1, 0.15) is 18.2 Å². The van der Waals surface area contributed by atoms with E-state index in [0.717, 1.165) is 6.42 Å². The first kappa shape index (κ1) is 8.17. The molecule has 0 aromatic carbocycles. The Morgan fingerprint density at radius 2 is 2.53 bits per heavy atom. The van der Waals surface area contributed by atoms with Crippen LogP contribution >= 0.6 is 0 Å². The lowest BCUT2D eigenvalue weighted by Gasteiger charge is -1.83. The number of imidazole rings is 1. The van der Waals surface area contributed by atoms with Gasteiger partial charge in [-0.25, -0.2) is 4.98 Å². The SMILES string of the molecule is N#CC1CC1c1nc(-c2ncc[nH]2)no1. The molecule has 6 heteroatoms. The van der Waals surface area contributed by atoms with Gasteiger partial charge in [0.2, 0.25) is 11.7 Å². The first-order valence-electron chi connectivity index (χ1n) is 4.61. The predicted octanol–water partition coefficient (Wildman–Crippen LogP) is 1.09. The van der Waals surface area contributed by atoms with Gasteiger partial charge in [0.05, 0.1) is 17.9 Å². The van der Waals surface area contributed by atoms with Gasteiger partial charge < -0.3 is 9.51 Å². The lowest BCUT2D eigenvalue weighted by molar-refractivity contribution is 0.378. The van der Waals surface area contributed by atoms with E-state index in [9.17, 15) is 0 Å². The molecule has 1 aliphatic carbocycles. The molecule has 2 aromatic rings. The lowest BCUT2D eigenvalue weighted by atomic mass is 10.3. The standard InChI is InChI=1S/C9H7N5O/c10-4-5-3-6(5)9-13-8(14-15-9)7-11-1-2-12-7/h1-2,5-6H,3H2,(H,11,12). The maximum Gasteiger partial charge on any atom is 0.238 e. The molecule has 0 aliphatic heterocycles. The van der Waals surface area contributed by atoms with E-state index in [1.807, 2.05) is 0 Å². The van der Waals surface area contributed by atoms with E-state index in [-0.39, 0.29) is 11.8 Å². The van der Waals surface area contributed by atoms with Gasteiger partial charge in [-0.05, 0) is 6.42 Å². The molecule has 1 N–H and O–H groups in total. The fourth-order valence-corrected chi connectivity index (χ4v) is 1.48. The smallest absolute Gasteiger partial charge is 0.238 e. The molecule has 15 heavy (non-hydrogen) atoms. The zero-order valence-corrected chi connectivity index (χ0v) is 7.71. The molecule has 1 fully saturated rings. The van der Waals surface area contributed by atoms with Crippen molar-refractivity contribution in [3.63, 3.8) is 0 Å². The molecule has 6 nitrogen and oxygen atoms in total. The van der Waals surface area contributed by atoms with Crippen LogP contribution in [-0.4, -0.2) is 20.1 Å². The van der Waals surface area contributed by atoms with Crippen molar-refractivity contribution >= 4 is 0 Å². The summed E-state index contributed by atoms with van der Waals surface area (Å²) in [7, 11) is 0. The van der Waals surface area contributed by atoms with Crippen molar-refractivity contribution in [1.82, 2.24) is 20.1 Å². The third kappa shape index (κ3) is 1.29. The molecule has 0 spiro atoms. The molecule has 2 heterocycles. The monoisotopic (exact) mass is 201 g/mol. The molecule has 2 aromatic heterocycles. The highest BCUT2D eigenvalue weighted by Gasteiger charge is 2.43. The van der Waals surface area contributed by atoms with E-state index in [1.54, 1.807) is 12.4 Å². The van der Waals surface area contributed by atoms with Crippen molar-refractivity contribution < 1.29 is 4.52 Å². The Balaban J connectivity index is 1.87. The molecule has 3 rings (SSSR count). The number of hydrogen-bond acceptors (Lipinski definition) is 5. The van der Waals surface area contributed by atoms with Crippen LogP contribution in [0.4, 0.5) is 0 Å². The normalized spacial score (nSPS) is 23.7. The van der Waals surface area contributed by atoms with Crippen LogP contribution in [0.5, 0.6) is 0 Å². The molecule has 1 saturated carbocycles. The van der Waals surface area contributed by atoms with Gasteiger partial charge in [-0.15, -0.1) is 0 Å². The topological polar surface area (TPSA) is 91.4 Å². The average Bonchev–Trinajstić information content (AvgIpc) is 2.73. The van der Waals surface area contributed by atoms with Gasteiger partial charge in [-0.3, -0.25) is 0 Å². The molecular formula is C9H7N5O. The molecule has 0 bridgehead atoms. The van der Waals surface area contributed by atoms with Crippen LogP contribution in [0.3, 0.4) is 0 Å². The summed E-state index contributed by atoms with van der Waals surface area (Å²) in [5.74, 6) is 1.71. The van der Waals surface area contributed by atoms with Gasteiger partial charge in [0.25, 0.3) is 0 Å². The lowest BCUT2D eigenvalue weighted by Crippen LogP contribution is -1.84. The van der Waals surface area contributed by atoms with Gasteiger partial charge in [0.1, 0.15) is 0 Å². The fraction of sp³-hybridized carbons (Fsp3) is 0.333. The Bertz CT molecular complexity index is 509. The average molecular weight is 201 g/mol. The number of hydrogen-bond donors (Lipinski definition) is 1. The molecule has 0 amide bonds. The second kappa shape index (κ2) is 2.92. The van der Waals surface area contributed by atoms with Crippen molar-refractivity contribution in [3.05, 3.63) is 18.3 Å². The minimum absolute atomic E-state index is 0.0369. The number of nitriles is 1. The highest BCUT2D eigenvalue weighted by atomic mass is 16.5. The summed E-state index contributed by atoms with van der Waals surface area (Å²) in [6.45, 7) is 0. The van der Waals surface area contributed by atoms with E-state index < -0.39 is 0 Å². The van der Waals surface area contributed by atoms with Gasteiger partial charge >= 0.3 is 0 Å². The number of rotatable bonds is 2. The van der Waals surface area contributed by atoms with Crippen molar-refractivity contribution in [2.45, 2.75) is 12.3 Å². The summed E-state index contributed by atoms with van der Waals surface area (Å²) in [6.07, 6.45) is 4.14. The Labute approximate surface area is 84.9 Å². The largest absolute Gasteiger partial charge is 0.342 e. The molecule has 0 saturated heterocycles. The van der Waals surface area contributed by atoms with Gasteiger partial charge in [-0.1, -0.05) is 5.16 Å². The van der Waals surface area contributed by atoms with E-state index in [0.29, 0.717) is 17.5 Å². The number of nitrogens with one attached hydrogen (secondary N) is 1. The van der Waals surface area contributed by atoms with Crippen LogP contribution in [0.25, 0.3) is 11.6 Å². The third-order valence-corrected chi connectivity index (χ3v) is 2.43.